The standard InChI is InChI=1S/C48H66N2O12/c1-7-9-25-58-46(55)50(20-26-57-27-23-53)43-31-40(49-62-47(3,4)5)38-29-33(14-10-12-21-51)37(15-11-13-22-52)44-39-30-36(60-35-16-18-41(56-6)34(28-35)32-54)17-19-42(39)61-48(43,45(38)44)59-24-8-2/h7-8,16-19,28-30,32-33,37,43-45,51-53H,1-2,9-15,20-27,31H2,3-6H3/t33-,37+,43-,44+,45+,48+/m0/s1. The molecule has 1 amide bonds. The van der Waals surface area contributed by atoms with Gasteiger partial charge in [0.15, 0.2) is 6.29 Å². The Labute approximate surface area is 366 Å². The fraction of sp³-hybridized carbons (Fsp3) is 0.562. The summed E-state index contributed by atoms with van der Waals surface area (Å²) in [6.45, 7) is 13.9. The molecule has 2 aromatic rings. The molecular weight excluding hydrogens is 797 g/mol. The van der Waals surface area contributed by atoms with E-state index in [0.717, 1.165) is 43.1 Å². The monoisotopic (exact) mass is 862 g/mol. The van der Waals surface area contributed by atoms with Gasteiger partial charge < -0.3 is 48.6 Å². The summed E-state index contributed by atoms with van der Waals surface area (Å²) in [5, 5.41) is 34.3. The van der Waals surface area contributed by atoms with E-state index in [1.54, 1.807) is 41.3 Å². The highest BCUT2D eigenvalue weighted by Gasteiger charge is 2.65. The van der Waals surface area contributed by atoms with E-state index in [2.05, 4.69) is 19.2 Å². The molecule has 2 aliphatic carbocycles. The first kappa shape index (κ1) is 48.3. The van der Waals surface area contributed by atoms with E-state index in [1.807, 2.05) is 32.9 Å². The molecule has 1 saturated carbocycles. The number of methoxy groups -OCH3 is 1. The number of carbonyl (C=O) groups is 2. The minimum Gasteiger partial charge on any atom is -0.496 e. The van der Waals surface area contributed by atoms with Crippen LogP contribution in [0.4, 0.5) is 4.79 Å². The van der Waals surface area contributed by atoms with Gasteiger partial charge in [-0.1, -0.05) is 36.2 Å². The summed E-state index contributed by atoms with van der Waals surface area (Å²) in [4.78, 5) is 34.1. The molecule has 5 rings (SSSR count). The summed E-state index contributed by atoms with van der Waals surface area (Å²) in [5.41, 5.74) is 2.08. The lowest BCUT2D eigenvalue weighted by Gasteiger charge is -2.59. The van der Waals surface area contributed by atoms with Crippen LogP contribution in [0.15, 0.2) is 78.5 Å². The minimum absolute atomic E-state index is 0.0177. The van der Waals surface area contributed by atoms with Gasteiger partial charge in [-0.05, 0) is 107 Å². The number of fused-ring (bicyclic) bond motifs is 2. The molecule has 1 fully saturated rings. The SMILES string of the molecule is C=CCCOC(=O)N(CCOCCO)[C@H]1CC(=NOC(C)(C)C)C2=C[C@H](CCCCO)[C@@H](CCCCO)[C@@H]3c4cc(Oc5ccc(OC)c(C=O)c5)ccc4O[C@@]1(OCC=C)[C@H]23. The van der Waals surface area contributed by atoms with Crippen LogP contribution in [0.3, 0.4) is 0 Å². The number of rotatable bonds is 25. The molecule has 0 saturated heterocycles. The molecule has 1 aliphatic heterocycles. The maximum atomic E-state index is 14.4. The molecule has 6 atom stereocenters. The van der Waals surface area contributed by atoms with Crippen molar-refractivity contribution in [2.75, 3.05) is 59.9 Å². The summed E-state index contributed by atoms with van der Waals surface area (Å²) in [6.07, 6.45) is 10.7. The molecule has 0 radical (unpaired) electrons. The number of benzene rings is 2. The maximum Gasteiger partial charge on any atom is 0.410 e. The third-order valence-corrected chi connectivity index (χ3v) is 11.5. The number of hydrogen-bond acceptors (Lipinski definition) is 13. The predicted molar refractivity (Wildman–Crippen MR) is 235 cm³/mol. The van der Waals surface area contributed by atoms with Crippen molar-refractivity contribution in [1.29, 1.82) is 0 Å². The predicted octanol–water partition coefficient (Wildman–Crippen LogP) is 7.76. The highest BCUT2D eigenvalue weighted by molar-refractivity contribution is 6.03. The Morgan fingerprint density at radius 3 is 2.39 bits per heavy atom. The zero-order valence-corrected chi connectivity index (χ0v) is 36.8. The third kappa shape index (κ3) is 11.6. The maximum absolute atomic E-state index is 14.4. The molecule has 62 heavy (non-hydrogen) atoms. The number of allylic oxidation sites excluding steroid dienone is 1. The van der Waals surface area contributed by atoms with Gasteiger partial charge in [0.05, 0.1) is 57.3 Å². The van der Waals surface area contributed by atoms with Gasteiger partial charge in [-0.2, -0.15) is 0 Å². The van der Waals surface area contributed by atoms with Crippen LogP contribution in [0, 0.1) is 17.8 Å². The Morgan fingerprint density at radius 1 is 0.968 bits per heavy atom. The Morgan fingerprint density at radius 2 is 1.71 bits per heavy atom. The molecule has 1 heterocycles. The Bertz CT molecular complexity index is 1870. The number of carbonyl (C=O) groups excluding carboxylic acids is 2. The van der Waals surface area contributed by atoms with Gasteiger partial charge in [-0.25, -0.2) is 4.79 Å². The molecule has 0 aromatic heterocycles. The van der Waals surface area contributed by atoms with E-state index in [9.17, 15) is 24.9 Å². The lowest BCUT2D eigenvalue weighted by Crippen LogP contribution is -2.70. The van der Waals surface area contributed by atoms with Crippen molar-refractivity contribution in [3.05, 3.63) is 84.5 Å². The van der Waals surface area contributed by atoms with Crippen molar-refractivity contribution in [1.82, 2.24) is 4.90 Å². The van der Waals surface area contributed by atoms with E-state index < -0.39 is 29.4 Å². The summed E-state index contributed by atoms with van der Waals surface area (Å²) < 4.78 is 37.7. The van der Waals surface area contributed by atoms with Crippen LogP contribution in [0.1, 0.15) is 94.0 Å². The van der Waals surface area contributed by atoms with E-state index in [4.69, 9.17) is 38.4 Å². The van der Waals surface area contributed by atoms with Crippen LogP contribution in [-0.4, -0.2) is 116 Å². The van der Waals surface area contributed by atoms with Crippen LogP contribution < -0.4 is 14.2 Å². The van der Waals surface area contributed by atoms with E-state index in [0.29, 0.717) is 53.5 Å². The van der Waals surface area contributed by atoms with Crippen molar-refractivity contribution in [3.63, 3.8) is 0 Å². The second-order valence-corrected chi connectivity index (χ2v) is 16.8. The summed E-state index contributed by atoms with van der Waals surface area (Å²) in [5.74, 6) is -0.464. The Kier molecular flexibility index (Phi) is 18.0. The molecule has 2 aromatic carbocycles. The van der Waals surface area contributed by atoms with Gasteiger partial charge in [-0.15, -0.1) is 13.2 Å². The van der Waals surface area contributed by atoms with Crippen molar-refractivity contribution < 1.29 is 58.2 Å². The van der Waals surface area contributed by atoms with Gasteiger partial charge in [0, 0.05) is 37.7 Å². The molecule has 0 unspecified atom stereocenters. The molecule has 14 nitrogen and oxygen atoms in total. The first-order valence-electron chi connectivity index (χ1n) is 21.8. The molecule has 0 spiro atoms. The van der Waals surface area contributed by atoms with Crippen molar-refractivity contribution in [2.45, 2.75) is 95.5 Å². The van der Waals surface area contributed by atoms with Gasteiger partial charge >= 0.3 is 6.09 Å². The number of hydrogen-bond donors (Lipinski definition) is 3. The van der Waals surface area contributed by atoms with Gasteiger partial charge in [0.25, 0.3) is 0 Å². The molecule has 14 heteroatoms. The van der Waals surface area contributed by atoms with Crippen molar-refractivity contribution in [3.8, 4) is 23.0 Å². The summed E-state index contributed by atoms with van der Waals surface area (Å²) >= 11 is 0. The number of amides is 1. The number of nitrogens with zero attached hydrogens (tertiary/aromatic N) is 2. The van der Waals surface area contributed by atoms with Crippen LogP contribution in [-0.2, 0) is 19.0 Å². The summed E-state index contributed by atoms with van der Waals surface area (Å²) in [7, 11) is 1.50. The second kappa shape index (κ2) is 23.1. The smallest absolute Gasteiger partial charge is 0.410 e. The number of aliphatic hydroxyl groups excluding tert-OH is 3. The van der Waals surface area contributed by atoms with Gasteiger partial charge in [0.1, 0.15) is 34.6 Å². The van der Waals surface area contributed by atoms with Crippen molar-refractivity contribution in [2.24, 2.45) is 22.9 Å². The number of aliphatic hydroxyl groups is 3. The quantitative estimate of drug-likeness (QED) is 0.0384. The highest BCUT2D eigenvalue weighted by Crippen LogP contribution is 2.62. The average Bonchev–Trinajstić information content (AvgIpc) is 3.26. The van der Waals surface area contributed by atoms with Gasteiger partial charge in [-0.3, -0.25) is 9.69 Å². The summed E-state index contributed by atoms with van der Waals surface area (Å²) in [6, 6.07) is 9.85. The van der Waals surface area contributed by atoms with Crippen LogP contribution in [0.25, 0.3) is 0 Å². The zero-order valence-electron chi connectivity index (χ0n) is 36.8. The number of unbranched alkanes of at least 4 members (excludes halogenated alkanes) is 2. The third-order valence-electron chi connectivity index (χ3n) is 11.5. The minimum atomic E-state index is -1.52. The largest absolute Gasteiger partial charge is 0.496 e. The normalized spacial score (nSPS) is 23.2. The van der Waals surface area contributed by atoms with Crippen LogP contribution in [0.2, 0.25) is 0 Å². The molecule has 340 valence electrons. The van der Waals surface area contributed by atoms with Crippen molar-refractivity contribution >= 4 is 18.1 Å². The zero-order chi connectivity index (χ0) is 44.7. The Balaban J connectivity index is 1.78. The highest BCUT2D eigenvalue weighted by atomic mass is 16.7. The van der Waals surface area contributed by atoms with E-state index in [1.165, 1.54) is 7.11 Å². The second-order valence-electron chi connectivity index (χ2n) is 16.8. The van der Waals surface area contributed by atoms with Crippen LogP contribution >= 0.6 is 0 Å². The fourth-order valence-electron chi connectivity index (χ4n) is 8.92. The molecular formula is C48H66N2O12. The van der Waals surface area contributed by atoms with Gasteiger partial charge in [0.2, 0.25) is 5.79 Å². The lowest BCUT2D eigenvalue weighted by atomic mass is 9.55. The average molecular weight is 863 g/mol. The topological polar surface area (TPSA) is 175 Å². The number of aldehydes is 1. The molecule has 0 bridgehead atoms. The lowest BCUT2D eigenvalue weighted by molar-refractivity contribution is -0.256. The molecule has 3 N–H and O–H groups in total. The number of ether oxygens (including phenoxy) is 6. The first-order valence-corrected chi connectivity index (χ1v) is 21.8. The van der Waals surface area contributed by atoms with E-state index in [-0.39, 0.29) is 77.0 Å². The fourth-order valence-corrected chi connectivity index (χ4v) is 8.92. The Hall–Kier alpha value is -4.73. The van der Waals surface area contributed by atoms with Crippen LogP contribution in [0.5, 0.6) is 23.0 Å². The molecule has 3 aliphatic rings. The first-order chi connectivity index (χ1) is 30.0. The van der Waals surface area contributed by atoms with E-state index >= 15 is 0 Å². The number of oxime groups is 1.